The molecule has 0 bridgehead atoms. The van der Waals surface area contributed by atoms with Crippen molar-refractivity contribution in [3.8, 4) is 0 Å². The summed E-state index contributed by atoms with van der Waals surface area (Å²) in [7, 11) is 0. The Hall–Kier alpha value is -0.570. The molecule has 0 aromatic heterocycles. The second-order valence-electron chi connectivity index (χ2n) is 5.93. The van der Waals surface area contributed by atoms with Gasteiger partial charge in [-0.05, 0) is 51.9 Å². The van der Waals surface area contributed by atoms with E-state index in [1.54, 1.807) is 13.8 Å². The molecule has 94 valence electrons. The summed E-state index contributed by atoms with van der Waals surface area (Å²) in [6, 6.07) is 0. The lowest BCUT2D eigenvalue weighted by atomic mass is 9.65. The second kappa shape index (κ2) is 4.74. The van der Waals surface area contributed by atoms with Gasteiger partial charge in [0.15, 0.2) is 0 Å². The van der Waals surface area contributed by atoms with Gasteiger partial charge in [0.25, 0.3) is 0 Å². The van der Waals surface area contributed by atoms with Gasteiger partial charge in [-0.2, -0.15) is 0 Å². The Bertz CT molecular complexity index is 244. The summed E-state index contributed by atoms with van der Waals surface area (Å²) in [5.74, 6) is -0.0570. The minimum atomic E-state index is -0.891. The largest absolute Gasteiger partial charge is 0.481 e. The van der Waals surface area contributed by atoms with Gasteiger partial charge in [0.1, 0.15) is 0 Å². The molecule has 0 amide bonds. The van der Waals surface area contributed by atoms with Crippen LogP contribution in [0.15, 0.2) is 0 Å². The van der Waals surface area contributed by atoms with Crippen LogP contribution in [0.2, 0.25) is 0 Å². The van der Waals surface area contributed by atoms with Gasteiger partial charge in [0, 0.05) is 0 Å². The molecular weight excluding hydrogens is 204 g/mol. The fraction of sp³-hybridized carbons (Fsp3) is 0.923. The second-order valence-corrected chi connectivity index (χ2v) is 5.93. The number of hydrogen-bond donors (Lipinski definition) is 2. The summed E-state index contributed by atoms with van der Waals surface area (Å²) in [5, 5.41) is 19.2. The number of carboxylic acids is 1. The van der Waals surface area contributed by atoms with E-state index in [1.165, 1.54) is 0 Å². The Balaban J connectivity index is 2.73. The Morgan fingerprint density at radius 1 is 1.38 bits per heavy atom. The quantitative estimate of drug-likeness (QED) is 0.778. The van der Waals surface area contributed by atoms with E-state index in [-0.39, 0.29) is 0 Å². The Kier molecular flexibility index (Phi) is 4.00. The van der Waals surface area contributed by atoms with Gasteiger partial charge in [-0.1, -0.05) is 13.3 Å². The summed E-state index contributed by atoms with van der Waals surface area (Å²) >= 11 is 0. The molecule has 0 radical (unpaired) electrons. The van der Waals surface area contributed by atoms with Gasteiger partial charge < -0.3 is 10.2 Å². The maximum Gasteiger partial charge on any atom is 0.309 e. The fourth-order valence-electron chi connectivity index (χ4n) is 2.93. The molecule has 1 fully saturated rings. The maximum absolute atomic E-state index is 11.4. The van der Waals surface area contributed by atoms with Crippen LogP contribution in [0.5, 0.6) is 0 Å². The smallest absolute Gasteiger partial charge is 0.309 e. The van der Waals surface area contributed by atoms with Crippen LogP contribution >= 0.6 is 0 Å². The van der Waals surface area contributed by atoms with Crippen molar-refractivity contribution in [2.75, 3.05) is 0 Å². The molecule has 3 nitrogen and oxygen atoms in total. The minimum absolute atomic E-state index is 0.367. The Morgan fingerprint density at radius 2 is 1.88 bits per heavy atom. The van der Waals surface area contributed by atoms with Crippen molar-refractivity contribution in [1.82, 2.24) is 0 Å². The zero-order valence-corrected chi connectivity index (χ0v) is 10.6. The van der Waals surface area contributed by atoms with Gasteiger partial charge in [0.05, 0.1) is 11.0 Å². The first-order chi connectivity index (χ1) is 7.29. The third-order valence-electron chi connectivity index (χ3n) is 3.86. The van der Waals surface area contributed by atoms with Crippen molar-refractivity contribution in [1.29, 1.82) is 0 Å². The molecular formula is C13H24O3. The van der Waals surface area contributed by atoms with E-state index in [1.807, 2.05) is 0 Å². The highest BCUT2D eigenvalue weighted by atomic mass is 16.4. The standard InChI is InChI=1S/C13H24O3/c1-4-10-5-7-13(8-6-10,11(14)15)9-12(2,3)16/h10,16H,4-9H2,1-3H3,(H,14,15). The molecule has 0 atom stereocenters. The van der Waals surface area contributed by atoms with E-state index >= 15 is 0 Å². The summed E-state index contributed by atoms with van der Waals surface area (Å²) in [6.45, 7) is 5.56. The number of carbonyl (C=O) groups is 1. The first kappa shape index (κ1) is 13.5. The summed E-state index contributed by atoms with van der Waals surface area (Å²) in [6.07, 6.45) is 4.90. The Morgan fingerprint density at radius 3 is 2.19 bits per heavy atom. The van der Waals surface area contributed by atoms with Gasteiger partial charge in [-0.3, -0.25) is 4.79 Å². The molecule has 1 aliphatic rings. The fourth-order valence-corrected chi connectivity index (χ4v) is 2.93. The maximum atomic E-state index is 11.4. The highest BCUT2D eigenvalue weighted by Gasteiger charge is 2.44. The highest BCUT2D eigenvalue weighted by molar-refractivity contribution is 5.74. The summed E-state index contributed by atoms with van der Waals surface area (Å²) in [4.78, 5) is 11.4. The number of hydrogen-bond acceptors (Lipinski definition) is 2. The molecule has 0 heterocycles. The lowest BCUT2D eigenvalue weighted by Crippen LogP contribution is -2.41. The average Bonchev–Trinajstić information content (AvgIpc) is 2.16. The topological polar surface area (TPSA) is 57.5 Å². The van der Waals surface area contributed by atoms with E-state index in [2.05, 4.69) is 6.92 Å². The minimum Gasteiger partial charge on any atom is -0.481 e. The van der Waals surface area contributed by atoms with Crippen LogP contribution < -0.4 is 0 Å². The molecule has 0 unspecified atom stereocenters. The van der Waals surface area contributed by atoms with E-state index in [9.17, 15) is 15.0 Å². The SMILES string of the molecule is CCC1CCC(CC(C)(C)O)(C(=O)O)CC1. The highest BCUT2D eigenvalue weighted by Crippen LogP contribution is 2.45. The Labute approximate surface area is 97.9 Å². The number of carboxylic acid groups (broad SMARTS) is 1. The molecule has 1 saturated carbocycles. The monoisotopic (exact) mass is 228 g/mol. The van der Waals surface area contributed by atoms with Crippen molar-refractivity contribution < 1.29 is 15.0 Å². The van der Waals surface area contributed by atoms with Crippen LogP contribution in [0.4, 0.5) is 0 Å². The predicted molar refractivity (Wildman–Crippen MR) is 63.2 cm³/mol. The zero-order valence-electron chi connectivity index (χ0n) is 10.6. The molecule has 0 saturated heterocycles. The zero-order chi connectivity index (χ0) is 12.4. The number of rotatable bonds is 4. The van der Waals surface area contributed by atoms with E-state index in [0.29, 0.717) is 25.2 Å². The van der Waals surface area contributed by atoms with Crippen LogP contribution in [-0.2, 0) is 4.79 Å². The molecule has 0 aliphatic heterocycles. The first-order valence-electron chi connectivity index (χ1n) is 6.25. The van der Waals surface area contributed by atoms with Crippen molar-refractivity contribution in [3.63, 3.8) is 0 Å². The molecule has 16 heavy (non-hydrogen) atoms. The molecule has 3 heteroatoms. The molecule has 0 aromatic rings. The van der Waals surface area contributed by atoms with Gasteiger partial charge in [-0.15, -0.1) is 0 Å². The number of aliphatic carboxylic acids is 1. The van der Waals surface area contributed by atoms with Crippen LogP contribution in [0.3, 0.4) is 0 Å². The third-order valence-corrected chi connectivity index (χ3v) is 3.86. The third kappa shape index (κ3) is 3.21. The van der Waals surface area contributed by atoms with Gasteiger partial charge in [0.2, 0.25) is 0 Å². The van der Waals surface area contributed by atoms with Crippen LogP contribution in [0.25, 0.3) is 0 Å². The van der Waals surface area contributed by atoms with Gasteiger partial charge >= 0.3 is 5.97 Å². The molecule has 1 aliphatic carbocycles. The van der Waals surface area contributed by atoms with Crippen LogP contribution in [0, 0.1) is 11.3 Å². The van der Waals surface area contributed by atoms with Crippen LogP contribution in [-0.4, -0.2) is 21.8 Å². The molecule has 0 spiro atoms. The first-order valence-corrected chi connectivity index (χ1v) is 6.25. The van der Waals surface area contributed by atoms with E-state index in [0.717, 1.165) is 19.3 Å². The molecule has 0 aromatic carbocycles. The van der Waals surface area contributed by atoms with E-state index < -0.39 is 17.0 Å². The normalized spacial score (nSPS) is 31.4. The lowest BCUT2D eigenvalue weighted by Gasteiger charge is -2.39. The molecule has 1 rings (SSSR count). The van der Waals surface area contributed by atoms with Crippen molar-refractivity contribution >= 4 is 5.97 Å². The number of aliphatic hydroxyl groups is 1. The average molecular weight is 228 g/mol. The van der Waals surface area contributed by atoms with Crippen molar-refractivity contribution in [3.05, 3.63) is 0 Å². The van der Waals surface area contributed by atoms with E-state index in [4.69, 9.17) is 0 Å². The predicted octanol–water partition coefficient (Wildman–Crippen LogP) is 2.82. The van der Waals surface area contributed by atoms with Gasteiger partial charge in [-0.25, -0.2) is 0 Å². The summed E-state index contributed by atoms with van der Waals surface area (Å²) < 4.78 is 0. The van der Waals surface area contributed by atoms with Crippen molar-refractivity contribution in [2.45, 2.75) is 64.9 Å². The van der Waals surface area contributed by atoms with Crippen LogP contribution in [0.1, 0.15) is 59.3 Å². The molecule has 2 N–H and O–H groups in total. The van der Waals surface area contributed by atoms with Crippen molar-refractivity contribution in [2.24, 2.45) is 11.3 Å². The summed E-state index contributed by atoms with van der Waals surface area (Å²) in [5.41, 5.74) is -1.58. The lowest BCUT2D eigenvalue weighted by molar-refractivity contribution is -0.156.